The molecule has 4 aliphatic rings. The molecule has 0 aromatic heterocycles. The molecule has 4 saturated carbocycles. The lowest BCUT2D eigenvalue weighted by molar-refractivity contribution is -0.177. The van der Waals surface area contributed by atoms with Crippen molar-refractivity contribution in [3.8, 4) is 0 Å². The van der Waals surface area contributed by atoms with Crippen LogP contribution in [0.3, 0.4) is 0 Å². The first-order chi connectivity index (χ1) is 10.4. The number of hydrogen-bond acceptors (Lipinski definition) is 3. The van der Waals surface area contributed by atoms with Crippen molar-refractivity contribution in [3.63, 3.8) is 0 Å². The highest BCUT2D eigenvalue weighted by molar-refractivity contribution is 5.79. The summed E-state index contributed by atoms with van der Waals surface area (Å²) in [4.78, 5) is 11.9. The minimum absolute atomic E-state index is 0.0890. The van der Waals surface area contributed by atoms with Crippen LogP contribution >= 0.6 is 0 Å². The van der Waals surface area contributed by atoms with Crippen molar-refractivity contribution in [2.45, 2.75) is 77.4 Å². The van der Waals surface area contributed by atoms with E-state index in [-0.39, 0.29) is 23.0 Å². The van der Waals surface area contributed by atoms with Gasteiger partial charge in [-0.15, -0.1) is 0 Å². The standard InChI is InChI=1S/C19H30O3/c1-18-8-7-12(20)9-11(18)3-4-13-14-5-6-16(22)19(14,2)10-15(21)17(13)18/h11,13-17,21-22H,3-10H2,1-2H3. The predicted octanol–water partition coefficient (Wildman–Crippen LogP) is 2.93. The summed E-state index contributed by atoms with van der Waals surface area (Å²) < 4.78 is 0. The predicted molar refractivity (Wildman–Crippen MR) is 84.1 cm³/mol. The lowest BCUT2D eigenvalue weighted by Crippen LogP contribution is -2.59. The maximum Gasteiger partial charge on any atom is 0.133 e. The summed E-state index contributed by atoms with van der Waals surface area (Å²) in [5.41, 5.74) is 0.0411. The van der Waals surface area contributed by atoms with Gasteiger partial charge in [-0.05, 0) is 73.0 Å². The Kier molecular flexibility index (Phi) is 3.30. The Morgan fingerprint density at radius 3 is 2.59 bits per heavy atom. The van der Waals surface area contributed by atoms with Gasteiger partial charge in [0.05, 0.1) is 12.2 Å². The van der Waals surface area contributed by atoms with Crippen LogP contribution in [0.25, 0.3) is 0 Å². The van der Waals surface area contributed by atoms with Crippen LogP contribution in [0.15, 0.2) is 0 Å². The SMILES string of the molecule is CC12CC(O)C3C(CCC4CC(=O)CCC43C)C1CCC2O. The van der Waals surface area contributed by atoms with E-state index in [0.29, 0.717) is 35.9 Å². The van der Waals surface area contributed by atoms with E-state index in [1.807, 2.05) is 0 Å². The van der Waals surface area contributed by atoms with Gasteiger partial charge < -0.3 is 10.2 Å². The van der Waals surface area contributed by atoms with Crippen molar-refractivity contribution in [3.05, 3.63) is 0 Å². The normalized spacial score (nSPS) is 57.9. The number of carbonyl (C=O) groups excluding carboxylic acids is 1. The summed E-state index contributed by atoms with van der Waals surface area (Å²) in [6.07, 6.45) is 6.88. The second-order valence-electron chi connectivity index (χ2n) is 9.19. The number of carbonyl (C=O) groups is 1. The zero-order chi connectivity index (χ0) is 15.7. The van der Waals surface area contributed by atoms with Crippen LogP contribution in [0, 0.1) is 34.5 Å². The molecule has 8 atom stereocenters. The Morgan fingerprint density at radius 2 is 1.82 bits per heavy atom. The van der Waals surface area contributed by atoms with Crippen molar-refractivity contribution in [2.75, 3.05) is 0 Å². The molecule has 0 amide bonds. The van der Waals surface area contributed by atoms with Gasteiger partial charge in [0.1, 0.15) is 5.78 Å². The summed E-state index contributed by atoms with van der Waals surface area (Å²) in [7, 11) is 0. The zero-order valence-electron chi connectivity index (χ0n) is 13.9. The van der Waals surface area contributed by atoms with Crippen LogP contribution in [-0.2, 0) is 4.79 Å². The van der Waals surface area contributed by atoms with E-state index in [1.165, 1.54) is 0 Å². The van der Waals surface area contributed by atoms with E-state index in [2.05, 4.69) is 13.8 Å². The van der Waals surface area contributed by atoms with Crippen molar-refractivity contribution in [2.24, 2.45) is 34.5 Å². The molecule has 8 unspecified atom stereocenters. The first-order valence-electron chi connectivity index (χ1n) is 9.24. The molecule has 0 aromatic rings. The number of ketones is 1. The van der Waals surface area contributed by atoms with Gasteiger partial charge in [0.2, 0.25) is 0 Å². The lowest BCUT2D eigenvalue weighted by atomic mass is 9.44. The molecular weight excluding hydrogens is 276 g/mol. The molecule has 4 fully saturated rings. The van der Waals surface area contributed by atoms with E-state index in [1.54, 1.807) is 0 Å². The van der Waals surface area contributed by atoms with Crippen LogP contribution in [0.1, 0.15) is 65.2 Å². The van der Waals surface area contributed by atoms with Gasteiger partial charge in [0.25, 0.3) is 0 Å². The molecule has 2 N–H and O–H groups in total. The van der Waals surface area contributed by atoms with Crippen LogP contribution in [0.2, 0.25) is 0 Å². The number of aliphatic hydroxyl groups is 2. The average Bonchev–Trinajstić information content (AvgIpc) is 2.75. The Labute approximate surface area is 133 Å². The van der Waals surface area contributed by atoms with Gasteiger partial charge in [0, 0.05) is 12.8 Å². The van der Waals surface area contributed by atoms with E-state index in [4.69, 9.17) is 0 Å². The highest BCUT2D eigenvalue weighted by atomic mass is 16.3. The summed E-state index contributed by atoms with van der Waals surface area (Å²) in [5.74, 6) is 2.34. The van der Waals surface area contributed by atoms with E-state index in [0.717, 1.165) is 44.9 Å². The van der Waals surface area contributed by atoms with Crippen LogP contribution < -0.4 is 0 Å². The second kappa shape index (κ2) is 4.80. The Hall–Kier alpha value is -0.410. The third kappa shape index (κ3) is 1.84. The summed E-state index contributed by atoms with van der Waals surface area (Å²) in [6, 6.07) is 0. The molecule has 0 aliphatic heterocycles. The molecule has 0 heterocycles. The number of aliphatic hydroxyl groups excluding tert-OH is 2. The quantitative estimate of drug-likeness (QED) is 0.723. The van der Waals surface area contributed by atoms with Gasteiger partial charge in [-0.2, -0.15) is 0 Å². The average molecular weight is 306 g/mol. The monoisotopic (exact) mass is 306 g/mol. The molecule has 3 nitrogen and oxygen atoms in total. The molecule has 0 spiro atoms. The molecule has 22 heavy (non-hydrogen) atoms. The van der Waals surface area contributed by atoms with Crippen LogP contribution in [-0.4, -0.2) is 28.2 Å². The summed E-state index contributed by atoms with van der Waals surface area (Å²) in [6.45, 7) is 4.55. The third-order valence-corrected chi connectivity index (χ3v) is 8.36. The fourth-order valence-corrected chi connectivity index (χ4v) is 7.14. The van der Waals surface area contributed by atoms with Crippen molar-refractivity contribution < 1.29 is 15.0 Å². The molecule has 3 heteroatoms. The van der Waals surface area contributed by atoms with Crippen molar-refractivity contribution in [1.29, 1.82) is 0 Å². The number of Topliss-reactive ketones (excluding diaryl/α,β-unsaturated/α-hetero) is 1. The van der Waals surface area contributed by atoms with Gasteiger partial charge in [-0.1, -0.05) is 13.8 Å². The van der Waals surface area contributed by atoms with Crippen molar-refractivity contribution in [1.82, 2.24) is 0 Å². The highest BCUT2D eigenvalue weighted by Gasteiger charge is 2.62. The summed E-state index contributed by atoms with van der Waals surface area (Å²) >= 11 is 0. The van der Waals surface area contributed by atoms with E-state index < -0.39 is 0 Å². The second-order valence-corrected chi connectivity index (χ2v) is 9.19. The van der Waals surface area contributed by atoms with Gasteiger partial charge in [-0.25, -0.2) is 0 Å². The highest BCUT2D eigenvalue weighted by Crippen LogP contribution is 2.65. The molecule has 0 aromatic carbocycles. The Morgan fingerprint density at radius 1 is 1.05 bits per heavy atom. The van der Waals surface area contributed by atoms with Crippen LogP contribution in [0.4, 0.5) is 0 Å². The molecule has 0 saturated heterocycles. The lowest BCUT2D eigenvalue weighted by Gasteiger charge is -2.61. The minimum atomic E-state index is -0.306. The Bertz CT molecular complexity index is 489. The molecule has 0 radical (unpaired) electrons. The number of hydrogen-bond donors (Lipinski definition) is 2. The molecular formula is C19H30O3. The molecule has 0 bridgehead atoms. The van der Waals surface area contributed by atoms with Crippen molar-refractivity contribution >= 4 is 5.78 Å². The first-order valence-corrected chi connectivity index (χ1v) is 9.24. The van der Waals surface area contributed by atoms with E-state index >= 15 is 0 Å². The van der Waals surface area contributed by atoms with Gasteiger partial charge >= 0.3 is 0 Å². The fraction of sp³-hybridized carbons (Fsp3) is 0.947. The smallest absolute Gasteiger partial charge is 0.133 e. The largest absolute Gasteiger partial charge is 0.393 e. The fourth-order valence-electron chi connectivity index (χ4n) is 7.14. The van der Waals surface area contributed by atoms with Crippen LogP contribution in [0.5, 0.6) is 0 Å². The molecule has 124 valence electrons. The molecule has 4 aliphatic carbocycles. The number of fused-ring (bicyclic) bond motifs is 5. The maximum atomic E-state index is 11.9. The van der Waals surface area contributed by atoms with E-state index in [9.17, 15) is 15.0 Å². The van der Waals surface area contributed by atoms with Gasteiger partial charge in [0.15, 0.2) is 0 Å². The Balaban J connectivity index is 1.69. The summed E-state index contributed by atoms with van der Waals surface area (Å²) in [5, 5.41) is 21.5. The minimum Gasteiger partial charge on any atom is -0.393 e. The molecule has 4 rings (SSSR count). The third-order valence-electron chi connectivity index (χ3n) is 8.36. The first kappa shape index (κ1) is 15.1. The maximum absolute atomic E-state index is 11.9. The number of rotatable bonds is 0. The zero-order valence-corrected chi connectivity index (χ0v) is 13.9. The van der Waals surface area contributed by atoms with Gasteiger partial charge in [-0.3, -0.25) is 4.79 Å². The topological polar surface area (TPSA) is 57.5 Å².